The minimum atomic E-state index is 0.0176. The number of allylic oxidation sites excluding steroid dienone is 1. The molecule has 76 valence electrons. The van der Waals surface area contributed by atoms with Gasteiger partial charge in [-0.25, -0.2) is 0 Å². The summed E-state index contributed by atoms with van der Waals surface area (Å²) in [6.07, 6.45) is 6.97. The Morgan fingerprint density at radius 2 is 2.43 bits per heavy atom. The molecule has 2 rings (SSSR count). The zero-order chi connectivity index (χ0) is 10.1. The van der Waals surface area contributed by atoms with Crippen LogP contribution in [0.4, 0.5) is 0 Å². The van der Waals surface area contributed by atoms with Crippen LogP contribution in [0.5, 0.6) is 0 Å². The number of carbonyl (C=O) groups is 1. The summed E-state index contributed by atoms with van der Waals surface area (Å²) in [5.41, 5.74) is 8.59. The van der Waals surface area contributed by atoms with Crippen molar-refractivity contribution in [3.63, 3.8) is 0 Å². The van der Waals surface area contributed by atoms with Crippen molar-refractivity contribution >= 4 is 5.91 Å². The molecule has 3 nitrogen and oxygen atoms in total. The van der Waals surface area contributed by atoms with Crippen LogP contribution in [0.3, 0.4) is 0 Å². The summed E-state index contributed by atoms with van der Waals surface area (Å²) >= 11 is 0. The monoisotopic (exact) mass is 192 g/mol. The van der Waals surface area contributed by atoms with Crippen molar-refractivity contribution in [2.45, 2.75) is 25.3 Å². The molecule has 0 aromatic carbocycles. The summed E-state index contributed by atoms with van der Waals surface area (Å²) in [7, 11) is 1.68. The lowest BCUT2D eigenvalue weighted by atomic mass is 9.90. The molecule has 2 aliphatic carbocycles. The Bertz CT molecular complexity index is 317. The molecule has 0 aromatic rings. The highest BCUT2D eigenvalue weighted by molar-refractivity contribution is 5.81. The third-order valence-corrected chi connectivity index (χ3v) is 3.12. The molecule has 3 N–H and O–H groups in total. The van der Waals surface area contributed by atoms with Gasteiger partial charge >= 0.3 is 0 Å². The van der Waals surface area contributed by atoms with E-state index < -0.39 is 0 Å². The predicted molar refractivity (Wildman–Crippen MR) is 55.5 cm³/mol. The van der Waals surface area contributed by atoms with Gasteiger partial charge in [0.25, 0.3) is 0 Å². The summed E-state index contributed by atoms with van der Waals surface area (Å²) in [6.45, 7) is 0. The first-order chi connectivity index (χ1) is 6.72. The van der Waals surface area contributed by atoms with E-state index in [4.69, 9.17) is 5.73 Å². The minimum Gasteiger partial charge on any atom is -0.359 e. The topological polar surface area (TPSA) is 55.1 Å². The normalized spacial score (nSPS) is 30.4. The highest BCUT2D eigenvalue weighted by Gasteiger charge is 2.27. The van der Waals surface area contributed by atoms with E-state index in [-0.39, 0.29) is 17.9 Å². The van der Waals surface area contributed by atoms with Gasteiger partial charge in [-0.3, -0.25) is 4.79 Å². The van der Waals surface area contributed by atoms with Crippen LogP contribution in [-0.4, -0.2) is 19.0 Å². The van der Waals surface area contributed by atoms with Crippen molar-refractivity contribution in [3.8, 4) is 0 Å². The number of rotatable bonds is 1. The SMILES string of the molecule is CNC(=O)C1C=CC2=C(CCC2N)C1. The molecule has 0 aromatic heterocycles. The maximum atomic E-state index is 11.4. The Labute approximate surface area is 84.0 Å². The van der Waals surface area contributed by atoms with Gasteiger partial charge in [0.15, 0.2) is 0 Å². The van der Waals surface area contributed by atoms with Crippen LogP contribution in [-0.2, 0) is 4.79 Å². The number of hydrogen-bond donors (Lipinski definition) is 2. The maximum Gasteiger partial charge on any atom is 0.226 e. The second kappa shape index (κ2) is 3.58. The van der Waals surface area contributed by atoms with E-state index in [1.165, 1.54) is 11.1 Å². The van der Waals surface area contributed by atoms with Gasteiger partial charge in [0.1, 0.15) is 0 Å². The zero-order valence-corrected chi connectivity index (χ0v) is 8.42. The van der Waals surface area contributed by atoms with Crippen molar-refractivity contribution in [1.82, 2.24) is 5.32 Å². The Morgan fingerprint density at radius 3 is 3.14 bits per heavy atom. The van der Waals surface area contributed by atoms with E-state index in [0.29, 0.717) is 0 Å². The smallest absolute Gasteiger partial charge is 0.226 e. The maximum absolute atomic E-state index is 11.4. The molecule has 14 heavy (non-hydrogen) atoms. The lowest BCUT2D eigenvalue weighted by molar-refractivity contribution is -0.123. The predicted octanol–water partition coefficient (Wildman–Crippen LogP) is 0.726. The van der Waals surface area contributed by atoms with Crippen molar-refractivity contribution in [2.24, 2.45) is 11.7 Å². The van der Waals surface area contributed by atoms with Crippen LogP contribution in [0, 0.1) is 5.92 Å². The van der Waals surface area contributed by atoms with Gasteiger partial charge in [0.05, 0.1) is 5.92 Å². The van der Waals surface area contributed by atoms with Crippen LogP contribution < -0.4 is 11.1 Å². The standard InChI is InChI=1S/C11H16N2O/c1-13-11(14)8-2-4-9-7(6-8)3-5-10(9)12/h2,4,8,10H,3,5-6,12H2,1H3,(H,13,14). The molecule has 0 heterocycles. The van der Waals surface area contributed by atoms with Gasteiger partial charge < -0.3 is 11.1 Å². The lowest BCUT2D eigenvalue weighted by Gasteiger charge is -2.18. The van der Waals surface area contributed by atoms with Crippen LogP contribution in [0.25, 0.3) is 0 Å². The quantitative estimate of drug-likeness (QED) is 0.643. The molecule has 0 saturated heterocycles. The molecule has 0 spiro atoms. The van der Waals surface area contributed by atoms with Crippen LogP contribution in [0.2, 0.25) is 0 Å². The molecule has 0 bridgehead atoms. The van der Waals surface area contributed by atoms with Crippen LogP contribution in [0.15, 0.2) is 23.3 Å². The highest BCUT2D eigenvalue weighted by Crippen LogP contribution is 2.34. The highest BCUT2D eigenvalue weighted by atomic mass is 16.1. The number of carbonyl (C=O) groups excluding carboxylic acids is 1. The Balaban J connectivity index is 2.12. The van der Waals surface area contributed by atoms with Gasteiger partial charge in [0.2, 0.25) is 5.91 Å². The summed E-state index contributed by atoms with van der Waals surface area (Å²) < 4.78 is 0. The van der Waals surface area contributed by atoms with Crippen molar-refractivity contribution in [3.05, 3.63) is 23.3 Å². The van der Waals surface area contributed by atoms with Crippen molar-refractivity contribution < 1.29 is 4.79 Å². The minimum absolute atomic E-state index is 0.0176. The fourth-order valence-corrected chi connectivity index (χ4v) is 2.27. The van der Waals surface area contributed by atoms with Gasteiger partial charge in [-0.2, -0.15) is 0 Å². The largest absolute Gasteiger partial charge is 0.359 e. The number of hydrogen-bond acceptors (Lipinski definition) is 2. The average molecular weight is 192 g/mol. The first kappa shape index (κ1) is 9.46. The number of amides is 1. The van der Waals surface area contributed by atoms with E-state index in [0.717, 1.165) is 19.3 Å². The van der Waals surface area contributed by atoms with Gasteiger partial charge in [-0.15, -0.1) is 0 Å². The average Bonchev–Trinajstić information content (AvgIpc) is 2.59. The lowest BCUT2D eigenvalue weighted by Crippen LogP contribution is -2.28. The Kier molecular flexibility index (Phi) is 2.42. The molecule has 3 heteroatoms. The van der Waals surface area contributed by atoms with E-state index in [2.05, 4.69) is 5.32 Å². The van der Waals surface area contributed by atoms with E-state index in [1.54, 1.807) is 7.05 Å². The first-order valence-corrected chi connectivity index (χ1v) is 5.09. The summed E-state index contributed by atoms with van der Waals surface area (Å²) in [6, 6.07) is 0.201. The molecule has 2 aliphatic rings. The van der Waals surface area contributed by atoms with E-state index in [9.17, 15) is 4.79 Å². The molecule has 0 radical (unpaired) electrons. The first-order valence-electron chi connectivity index (χ1n) is 5.09. The third kappa shape index (κ3) is 1.48. The summed E-state index contributed by atoms with van der Waals surface area (Å²) in [4.78, 5) is 11.4. The number of nitrogens with one attached hydrogen (secondary N) is 1. The summed E-state index contributed by atoms with van der Waals surface area (Å²) in [5, 5.41) is 2.68. The Morgan fingerprint density at radius 1 is 1.64 bits per heavy atom. The molecular weight excluding hydrogens is 176 g/mol. The van der Waals surface area contributed by atoms with E-state index >= 15 is 0 Å². The van der Waals surface area contributed by atoms with Gasteiger partial charge in [-0.05, 0) is 24.8 Å². The third-order valence-electron chi connectivity index (χ3n) is 3.12. The van der Waals surface area contributed by atoms with Gasteiger partial charge in [-0.1, -0.05) is 17.7 Å². The van der Waals surface area contributed by atoms with Crippen LogP contribution in [0.1, 0.15) is 19.3 Å². The van der Waals surface area contributed by atoms with Crippen LogP contribution >= 0.6 is 0 Å². The molecule has 0 fully saturated rings. The fourth-order valence-electron chi connectivity index (χ4n) is 2.27. The summed E-state index contributed by atoms with van der Waals surface area (Å²) in [5.74, 6) is 0.123. The molecule has 1 amide bonds. The van der Waals surface area contributed by atoms with E-state index in [1.807, 2.05) is 12.2 Å². The van der Waals surface area contributed by atoms with Gasteiger partial charge in [0, 0.05) is 13.1 Å². The van der Waals surface area contributed by atoms with Crippen molar-refractivity contribution in [1.29, 1.82) is 0 Å². The molecular formula is C11H16N2O. The molecule has 0 saturated carbocycles. The van der Waals surface area contributed by atoms with Crippen molar-refractivity contribution in [2.75, 3.05) is 7.05 Å². The second-order valence-electron chi connectivity index (χ2n) is 3.99. The Hall–Kier alpha value is -1.09. The second-order valence-corrected chi connectivity index (χ2v) is 3.99. The molecule has 2 atom stereocenters. The molecule has 2 unspecified atom stereocenters. The molecule has 0 aliphatic heterocycles. The number of nitrogens with two attached hydrogens (primary N) is 1. The fraction of sp³-hybridized carbons (Fsp3) is 0.545. The zero-order valence-electron chi connectivity index (χ0n) is 8.42.